The lowest BCUT2D eigenvalue weighted by atomic mass is 10.0. The van der Waals surface area contributed by atoms with E-state index < -0.39 is 12.1 Å². The standard InChI is InChI=1S/C76H145NO5/c1-3-5-7-9-11-13-15-16-42-45-49-52-56-60-64-68-74(79)73(72-78)77-75(80)69-65-61-57-53-50-46-43-40-38-36-34-32-30-28-26-24-22-20-18-17-19-21-23-25-27-29-31-33-35-37-39-41-44-47-51-55-59-63-67-71-82-76(81)70-66-62-58-54-48-14-12-10-8-6-4-2/h17-18,21,23,64,68,73-74,78-79H,3-16,19-20,22,24-63,65-67,69-72H2,1-2H3,(H,77,80)/b18-17-,23-21-,68-64+. The first-order valence-corrected chi connectivity index (χ1v) is 37.3. The molecule has 0 spiro atoms. The lowest BCUT2D eigenvalue weighted by molar-refractivity contribution is -0.143. The Labute approximate surface area is 513 Å². The fraction of sp³-hybridized carbons (Fsp3) is 0.895. The molecule has 0 rings (SSSR count). The van der Waals surface area contributed by atoms with Gasteiger partial charge < -0.3 is 20.3 Å². The maximum absolute atomic E-state index is 12.5. The van der Waals surface area contributed by atoms with Gasteiger partial charge in [-0.25, -0.2) is 0 Å². The number of rotatable bonds is 70. The van der Waals surface area contributed by atoms with Crippen LogP contribution in [-0.4, -0.2) is 47.4 Å². The molecule has 0 aromatic heterocycles. The molecule has 0 radical (unpaired) electrons. The third-order valence-corrected chi connectivity index (χ3v) is 17.4. The third-order valence-electron chi connectivity index (χ3n) is 17.4. The van der Waals surface area contributed by atoms with E-state index in [4.69, 9.17) is 4.74 Å². The summed E-state index contributed by atoms with van der Waals surface area (Å²) in [5.41, 5.74) is 0. The number of carbonyl (C=O) groups is 2. The second-order valence-electron chi connectivity index (χ2n) is 25.6. The summed E-state index contributed by atoms with van der Waals surface area (Å²) in [4.78, 5) is 24.5. The number of allylic oxidation sites excluding steroid dienone is 5. The van der Waals surface area contributed by atoms with Gasteiger partial charge >= 0.3 is 5.97 Å². The molecule has 484 valence electrons. The monoisotopic (exact) mass is 1150 g/mol. The summed E-state index contributed by atoms with van der Waals surface area (Å²) in [5.74, 6) is -0.0423. The van der Waals surface area contributed by atoms with Crippen LogP contribution in [0.5, 0.6) is 0 Å². The number of hydrogen-bond donors (Lipinski definition) is 3. The Hall–Kier alpha value is -1.92. The van der Waals surface area contributed by atoms with Gasteiger partial charge in [0.2, 0.25) is 5.91 Å². The van der Waals surface area contributed by atoms with Crippen LogP contribution in [0, 0.1) is 0 Å². The molecule has 0 aliphatic heterocycles. The number of carbonyl (C=O) groups excluding carboxylic acids is 2. The average molecular weight is 1150 g/mol. The van der Waals surface area contributed by atoms with Crippen LogP contribution in [0.15, 0.2) is 36.5 Å². The van der Waals surface area contributed by atoms with E-state index in [1.54, 1.807) is 6.08 Å². The minimum atomic E-state index is -0.842. The van der Waals surface area contributed by atoms with Gasteiger partial charge in [0.1, 0.15) is 0 Å². The molecule has 0 aliphatic rings. The summed E-state index contributed by atoms with van der Waals surface area (Å²) >= 11 is 0. The molecule has 3 N–H and O–H groups in total. The summed E-state index contributed by atoms with van der Waals surface area (Å²) in [6, 6.07) is -0.625. The highest BCUT2D eigenvalue weighted by Gasteiger charge is 2.18. The van der Waals surface area contributed by atoms with Crippen molar-refractivity contribution >= 4 is 11.9 Å². The zero-order chi connectivity index (χ0) is 59.2. The van der Waals surface area contributed by atoms with Gasteiger partial charge in [0.15, 0.2) is 0 Å². The fourth-order valence-electron chi connectivity index (χ4n) is 11.7. The maximum Gasteiger partial charge on any atom is 0.305 e. The number of unbranched alkanes of at least 4 members (excludes halogenated alkanes) is 55. The average Bonchev–Trinajstić information content (AvgIpc) is 3.48. The molecule has 0 aromatic rings. The molecule has 0 aliphatic carbocycles. The number of amides is 1. The molecule has 0 heterocycles. The van der Waals surface area contributed by atoms with Crippen molar-refractivity contribution in [3.8, 4) is 0 Å². The van der Waals surface area contributed by atoms with Crippen molar-refractivity contribution in [1.29, 1.82) is 0 Å². The fourth-order valence-corrected chi connectivity index (χ4v) is 11.7. The van der Waals surface area contributed by atoms with Crippen LogP contribution in [0.4, 0.5) is 0 Å². The molecular weight excluding hydrogens is 1010 g/mol. The molecule has 1 amide bonds. The van der Waals surface area contributed by atoms with Gasteiger partial charge in [-0.2, -0.15) is 0 Å². The van der Waals surface area contributed by atoms with Crippen molar-refractivity contribution in [2.24, 2.45) is 0 Å². The Balaban J connectivity index is 3.36. The van der Waals surface area contributed by atoms with Crippen molar-refractivity contribution in [3.05, 3.63) is 36.5 Å². The smallest absolute Gasteiger partial charge is 0.305 e. The van der Waals surface area contributed by atoms with Crippen LogP contribution in [0.2, 0.25) is 0 Å². The largest absolute Gasteiger partial charge is 0.466 e. The number of ether oxygens (including phenoxy) is 1. The zero-order valence-electron chi connectivity index (χ0n) is 55.5. The number of nitrogens with one attached hydrogen (secondary N) is 1. The first-order chi connectivity index (χ1) is 40.5. The van der Waals surface area contributed by atoms with Crippen molar-refractivity contribution in [1.82, 2.24) is 5.32 Å². The summed E-state index contributed by atoms with van der Waals surface area (Å²) in [7, 11) is 0. The second-order valence-corrected chi connectivity index (χ2v) is 25.6. The van der Waals surface area contributed by atoms with E-state index in [1.807, 2.05) is 6.08 Å². The first kappa shape index (κ1) is 80.1. The lowest BCUT2D eigenvalue weighted by Gasteiger charge is -2.20. The Kier molecular flexibility index (Phi) is 69.9. The number of aliphatic hydroxyl groups excluding tert-OH is 2. The quantitative estimate of drug-likeness (QED) is 0.0320. The van der Waals surface area contributed by atoms with Crippen LogP contribution < -0.4 is 5.32 Å². The number of hydrogen-bond acceptors (Lipinski definition) is 5. The highest BCUT2D eigenvalue weighted by Crippen LogP contribution is 2.19. The van der Waals surface area contributed by atoms with E-state index in [9.17, 15) is 19.8 Å². The van der Waals surface area contributed by atoms with E-state index in [0.29, 0.717) is 19.4 Å². The predicted molar refractivity (Wildman–Crippen MR) is 361 cm³/mol. The minimum absolute atomic E-state index is 0.0202. The van der Waals surface area contributed by atoms with Gasteiger partial charge in [-0.3, -0.25) is 9.59 Å². The summed E-state index contributed by atoms with van der Waals surface area (Å²) in [6.45, 7) is 4.93. The molecular formula is C76H145NO5. The zero-order valence-corrected chi connectivity index (χ0v) is 55.5. The molecule has 0 saturated heterocycles. The molecule has 2 unspecified atom stereocenters. The molecule has 6 nitrogen and oxygen atoms in total. The van der Waals surface area contributed by atoms with Gasteiger partial charge in [-0.15, -0.1) is 0 Å². The lowest BCUT2D eigenvalue weighted by Crippen LogP contribution is -2.45. The van der Waals surface area contributed by atoms with Crippen LogP contribution in [0.1, 0.15) is 412 Å². The van der Waals surface area contributed by atoms with Gasteiger partial charge in [-0.05, 0) is 64.2 Å². The number of esters is 1. The molecule has 82 heavy (non-hydrogen) atoms. The van der Waals surface area contributed by atoms with Crippen LogP contribution in [0.3, 0.4) is 0 Å². The van der Waals surface area contributed by atoms with Crippen molar-refractivity contribution in [2.45, 2.75) is 424 Å². The van der Waals surface area contributed by atoms with Gasteiger partial charge in [-0.1, -0.05) is 371 Å². The summed E-state index contributed by atoms with van der Waals surface area (Å²) in [5, 5.41) is 23.2. The molecule has 6 heteroatoms. The van der Waals surface area contributed by atoms with Gasteiger partial charge in [0, 0.05) is 12.8 Å². The van der Waals surface area contributed by atoms with E-state index in [1.165, 1.54) is 340 Å². The van der Waals surface area contributed by atoms with Crippen LogP contribution >= 0.6 is 0 Å². The van der Waals surface area contributed by atoms with E-state index in [2.05, 4.69) is 43.5 Å². The predicted octanol–water partition coefficient (Wildman–Crippen LogP) is 24.3. The highest BCUT2D eigenvalue weighted by molar-refractivity contribution is 5.76. The molecule has 0 bridgehead atoms. The first-order valence-electron chi connectivity index (χ1n) is 37.3. The van der Waals surface area contributed by atoms with Gasteiger partial charge in [0.05, 0.1) is 25.4 Å². The van der Waals surface area contributed by atoms with Crippen molar-refractivity contribution < 1.29 is 24.5 Å². The Morgan fingerprint density at radius 1 is 0.341 bits per heavy atom. The molecule has 0 saturated carbocycles. The highest BCUT2D eigenvalue weighted by atomic mass is 16.5. The van der Waals surface area contributed by atoms with E-state index in [0.717, 1.165) is 44.9 Å². The van der Waals surface area contributed by atoms with E-state index >= 15 is 0 Å². The van der Waals surface area contributed by atoms with E-state index in [-0.39, 0.29) is 18.5 Å². The SMILES string of the molecule is CCCCCCCCCCCCCCC/C=C/C(O)C(CO)NC(=O)CCCCCCCCCCCCCCCCCCC/C=C\C/C=C\CCCCCCCCCCCCCCCCCOC(=O)CCCCCCCCCCCCC. The Morgan fingerprint density at radius 3 is 0.927 bits per heavy atom. The van der Waals surface area contributed by atoms with Crippen molar-refractivity contribution in [2.75, 3.05) is 13.2 Å². The van der Waals surface area contributed by atoms with Crippen LogP contribution in [0.25, 0.3) is 0 Å². The third kappa shape index (κ3) is 67.2. The minimum Gasteiger partial charge on any atom is -0.466 e. The Bertz CT molecular complexity index is 1330. The topological polar surface area (TPSA) is 95.9 Å². The summed E-state index contributed by atoms with van der Waals surface area (Å²) in [6.07, 6.45) is 92.6. The Morgan fingerprint density at radius 2 is 0.610 bits per heavy atom. The maximum atomic E-state index is 12.5. The number of aliphatic hydroxyl groups is 2. The molecule has 0 aromatic carbocycles. The van der Waals surface area contributed by atoms with Crippen molar-refractivity contribution in [3.63, 3.8) is 0 Å². The molecule has 2 atom stereocenters. The molecule has 0 fully saturated rings. The van der Waals surface area contributed by atoms with Gasteiger partial charge in [0.25, 0.3) is 0 Å². The summed E-state index contributed by atoms with van der Waals surface area (Å²) < 4.78 is 5.48. The van der Waals surface area contributed by atoms with Crippen LogP contribution in [-0.2, 0) is 14.3 Å². The second kappa shape index (κ2) is 71.6. The normalized spacial score (nSPS) is 12.7.